The Hall–Kier alpha value is -3.09. The van der Waals surface area contributed by atoms with Gasteiger partial charge >= 0.3 is 0 Å². The molecule has 1 unspecified atom stereocenters. The predicted octanol–water partition coefficient (Wildman–Crippen LogP) is 3.00. The molecule has 0 radical (unpaired) electrons. The molecule has 1 aromatic carbocycles. The summed E-state index contributed by atoms with van der Waals surface area (Å²) in [4.78, 5) is 13.9. The molecule has 7 heteroatoms. The number of H-pyrrole nitrogens is 1. The first-order valence-electron chi connectivity index (χ1n) is 10.0. The summed E-state index contributed by atoms with van der Waals surface area (Å²) in [6, 6.07) is 9.65. The number of aromatic amines is 1. The average molecular weight is 394 g/mol. The fourth-order valence-electron chi connectivity index (χ4n) is 3.95. The maximum absolute atomic E-state index is 14.0. The second-order valence-corrected chi connectivity index (χ2v) is 7.45. The van der Waals surface area contributed by atoms with E-state index in [0.29, 0.717) is 12.4 Å². The van der Waals surface area contributed by atoms with Gasteiger partial charge in [0.25, 0.3) is 0 Å². The zero-order chi connectivity index (χ0) is 20.2. The summed E-state index contributed by atoms with van der Waals surface area (Å²) in [5.41, 5.74) is 3.76. The Morgan fingerprint density at radius 1 is 1.34 bits per heavy atom. The van der Waals surface area contributed by atoms with Crippen molar-refractivity contribution in [3.63, 3.8) is 0 Å². The number of nitrogens with zero attached hydrogens (tertiary/aromatic N) is 3. The Morgan fingerprint density at radius 3 is 3.07 bits per heavy atom. The van der Waals surface area contributed by atoms with E-state index < -0.39 is 0 Å². The minimum atomic E-state index is -0.273. The fourth-order valence-corrected chi connectivity index (χ4v) is 3.95. The van der Waals surface area contributed by atoms with E-state index >= 15 is 0 Å². The largest absolute Gasteiger partial charge is 0.361 e. The molecule has 29 heavy (non-hydrogen) atoms. The number of fused-ring (bicyclic) bond motifs is 1. The van der Waals surface area contributed by atoms with Gasteiger partial charge in [0.2, 0.25) is 0 Å². The molecule has 0 amide bonds. The van der Waals surface area contributed by atoms with Crippen LogP contribution in [0.1, 0.15) is 17.5 Å². The molecule has 2 aromatic heterocycles. The lowest BCUT2D eigenvalue weighted by Crippen LogP contribution is -2.45. The van der Waals surface area contributed by atoms with Crippen molar-refractivity contribution in [3.05, 3.63) is 59.7 Å². The van der Waals surface area contributed by atoms with Crippen molar-refractivity contribution in [2.45, 2.75) is 25.8 Å². The number of nitrogens with one attached hydrogen (secondary N) is 3. The molecule has 4 rings (SSSR count). The Morgan fingerprint density at radius 2 is 2.24 bits per heavy atom. The summed E-state index contributed by atoms with van der Waals surface area (Å²) < 4.78 is 14.0. The molecule has 0 saturated carbocycles. The van der Waals surface area contributed by atoms with Gasteiger partial charge in [-0.2, -0.15) is 0 Å². The number of benzene rings is 1. The predicted molar refractivity (Wildman–Crippen MR) is 116 cm³/mol. The molecule has 1 fully saturated rings. The van der Waals surface area contributed by atoms with Gasteiger partial charge in [-0.1, -0.05) is 18.2 Å². The molecule has 0 spiro atoms. The number of guanidine groups is 1. The number of aromatic nitrogens is 2. The fraction of sp³-hybridized carbons (Fsp3) is 0.364. The molecule has 0 aliphatic carbocycles. The SMILES string of the molecule is CN=C(NCCc1c[nH]c2c(C)cccc12)NC1CCN(c2ncccc2F)C1. The second-order valence-electron chi connectivity index (χ2n) is 7.45. The standard InChI is InChI=1S/C22H27FN6/c1-15-5-3-6-18-16(13-27-20(15)18)8-11-26-22(24-2)28-17-9-12-29(14-17)21-19(23)7-4-10-25-21/h3-7,10,13,17,27H,8-9,11-12,14H2,1-2H3,(H2,24,26,28). The molecule has 1 atom stereocenters. The first-order valence-corrected chi connectivity index (χ1v) is 10.0. The lowest BCUT2D eigenvalue weighted by Gasteiger charge is -2.20. The van der Waals surface area contributed by atoms with E-state index in [4.69, 9.17) is 0 Å². The van der Waals surface area contributed by atoms with Gasteiger partial charge in [0.15, 0.2) is 17.6 Å². The Labute approximate surface area is 170 Å². The van der Waals surface area contributed by atoms with Crippen LogP contribution in [0.4, 0.5) is 10.2 Å². The summed E-state index contributed by atoms with van der Waals surface area (Å²) in [7, 11) is 1.77. The van der Waals surface area contributed by atoms with E-state index in [2.05, 4.69) is 56.9 Å². The smallest absolute Gasteiger partial charge is 0.191 e. The van der Waals surface area contributed by atoms with Gasteiger partial charge in [0, 0.05) is 56.0 Å². The zero-order valence-corrected chi connectivity index (χ0v) is 16.9. The van der Waals surface area contributed by atoms with E-state index in [1.165, 1.54) is 28.1 Å². The zero-order valence-electron chi connectivity index (χ0n) is 16.9. The van der Waals surface area contributed by atoms with Crippen LogP contribution in [0.15, 0.2) is 47.7 Å². The number of hydrogen-bond acceptors (Lipinski definition) is 3. The van der Waals surface area contributed by atoms with Gasteiger partial charge in [0.05, 0.1) is 0 Å². The van der Waals surface area contributed by atoms with Crippen LogP contribution in [-0.2, 0) is 6.42 Å². The number of rotatable bonds is 5. The van der Waals surface area contributed by atoms with Gasteiger partial charge in [0.1, 0.15) is 0 Å². The number of aliphatic imine (C=N–C) groups is 1. The van der Waals surface area contributed by atoms with Crippen LogP contribution in [0, 0.1) is 12.7 Å². The lowest BCUT2D eigenvalue weighted by molar-refractivity contribution is 0.612. The highest BCUT2D eigenvalue weighted by atomic mass is 19.1. The number of pyridine rings is 1. The number of para-hydroxylation sites is 1. The van der Waals surface area contributed by atoms with Gasteiger partial charge < -0.3 is 20.5 Å². The van der Waals surface area contributed by atoms with Crippen LogP contribution in [0.25, 0.3) is 10.9 Å². The first-order chi connectivity index (χ1) is 14.2. The summed E-state index contributed by atoms with van der Waals surface area (Å²) in [5.74, 6) is 0.924. The van der Waals surface area contributed by atoms with Gasteiger partial charge in [-0.3, -0.25) is 4.99 Å². The van der Waals surface area contributed by atoms with Crippen molar-refractivity contribution >= 4 is 22.7 Å². The van der Waals surface area contributed by atoms with E-state index in [-0.39, 0.29) is 11.9 Å². The minimum Gasteiger partial charge on any atom is -0.361 e. The third-order valence-electron chi connectivity index (χ3n) is 5.49. The van der Waals surface area contributed by atoms with Crippen molar-refractivity contribution in [2.75, 3.05) is 31.6 Å². The Balaban J connectivity index is 1.30. The molecule has 1 aliphatic heterocycles. The highest BCUT2D eigenvalue weighted by Crippen LogP contribution is 2.22. The third-order valence-corrected chi connectivity index (χ3v) is 5.49. The van der Waals surface area contributed by atoms with Gasteiger partial charge in [-0.25, -0.2) is 9.37 Å². The van der Waals surface area contributed by atoms with Crippen molar-refractivity contribution < 1.29 is 4.39 Å². The monoisotopic (exact) mass is 394 g/mol. The quantitative estimate of drug-likeness (QED) is 0.460. The topological polar surface area (TPSA) is 68.3 Å². The van der Waals surface area contributed by atoms with Crippen LogP contribution in [0.2, 0.25) is 0 Å². The molecular weight excluding hydrogens is 367 g/mol. The van der Waals surface area contributed by atoms with E-state index in [1.807, 2.05) is 4.90 Å². The number of hydrogen-bond donors (Lipinski definition) is 3. The Bertz CT molecular complexity index is 1010. The minimum absolute atomic E-state index is 0.207. The summed E-state index contributed by atoms with van der Waals surface area (Å²) >= 11 is 0. The summed E-state index contributed by atoms with van der Waals surface area (Å²) in [6.07, 6.45) is 5.54. The van der Waals surface area contributed by atoms with Crippen LogP contribution in [0.3, 0.4) is 0 Å². The van der Waals surface area contributed by atoms with Gasteiger partial charge in [-0.15, -0.1) is 0 Å². The Kier molecular flexibility index (Phi) is 5.64. The molecule has 152 valence electrons. The lowest BCUT2D eigenvalue weighted by atomic mass is 10.1. The van der Waals surface area contributed by atoms with Crippen molar-refractivity contribution in [3.8, 4) is 0 Å². The van der Waals surface area contributed by atoms with Crippen LogP contribution in [-0.4, -0.2) is 48.7 Å². The molecule has 1 saturated heterocycles. The third kappa shape index (κ3) is 4.18. The average Bonchev–Trinajstić information content (AvgIpc) is 3.36. The molecule has 6 nitrogen and oxygen atoms in total. The van der Waals surface area contributed by atoms with Crippen molar-refractivity contribution in [1.29, 1.82) is 0 Å². The second kappa shape index (κ2) is 8.51. The van der Waals surface area contributed by atoms with E-state index in [9.17, 15) is 4.39 Å². The molecule has 3 N–H and O–H groups in total. The summed E-state index contributed by atoms with van der Waals surface area (Å²) in [5, 5.41) is 8.12. The molecular formula is C22H27FN6. The highest BCUT2D eigenvalue weighted by molar-refractivity contribution is 5.86. The van der Waals surface area contributed by atoms with Crippen LogP contribution >= 0.6 is 0 Å². The molecule has 0 bridgehead atoms. The number of aryl methyl sites for hydroxylation is 1. The maximum Gasteiger partial charge on any atom is 0.191 e. The molecule has 3 aromatic rings. The number of halogens is 1. The van der Waals surface area contributed by atoms with Crippen LogP contribution < -0.4 is 15.5 Å². The van der Waals surface area contributed by atoms with Gasteiger partial charge in [-0.05, 0) is 43.0 Å². The first kappa shape index (κ1) is 19.2. The normalized spacial score (nSPS) is 17.1. The van der Waals surface area contributed by atoms with Crippen molar-refractivity contribution in [2.24, 2.45) is 4.99 Å². The summed E-state index contributed by atoms with van der Waals surface area (Å²) in [6.45, 7) is 4.38. The van der Waals surface area contributed by atoms with Crippen LogP contribution in [0.5, 0.6) is 0 Å². The van der Waals surface area contributed by atoms with Crippen molar-refractivity contribution in [1.82, 2.24) is 20.6 Å². The maximum atomic E-state index is 14.0. The molecule has 3 heterocycles. The van der Waals surface area contributed by atoms with E-state index in [1.54, 1.807) is 19.3 Å². The molecule has 1 aliphatic rings. The highest BCUT2D eigenvalue weighted by Gasteiger charge is 2.25. The number of anilines is 1. The van der Waals surface area contributed by atoms with E-state index in [0.717, 1.165) is 31.9 Å².